The lowest BCUT2D eigenvalue weighted by Crippen LogP contribution is -2.46. The van der Waals surface area contributed by atoms with E-state index in [0.29, 0.717) is 19.5 Å². The fraction of sp³-hybridized carbons (Fsp3) is 0.579. The number of rotatable bonds is 2. The maximum absolute atomic E-state index is 13.4. The summed E-state index contributed by atoms with van der Waals surface area (Å²) in [6.07, 6.45) is -0.622. The molecule has 0 spiro atoms. The van der Waals surface area contributed by atoms with Crippen LogP contribution in [0.2, 0.25) is 0 Å². The van der Waals surface area contributed by atoms with Crippen LogP contribution in [-0.4, -0.2) is 41.2 Å². The van der Waals surface area contributed by atoms with Crippen molar-refractivity contribution >= 4 is 23.1 Å². The molecule has 8 heteroatoms. The number of carbonyl (C=O) groups is 2. The van der Waals surface area contributed by atoms with E-state index >= 15 is 0 Å². The number of hydrogen-bond donors (Lipinski definition) is 1. The third-order valence-corrected chi connectivity index (χ3v) is 4.00. The standard InChI is InChI=1S/C11H20FNO2.C8H7ClFNO/c1-8-5-6-13(7-9(8)12)10(14)15-11(2,3)4;9-8(12)11-5-6-1-3-7(10)4-2-6/h8-9H,5-7H2,1-4H3;1-4H,5H2,(H,11,12). The van der Waals surface area contributed by atoms with Crippen LogP contribution in [0.1, 0.15) is 39.7 Å². The van der Waals surface area contributed by atoms with Crippen LogP contribution in [-0.2, 0) is 11.3 Å². The SMILES string of the molecule is CC1CCN(C(=O)OC(C)(C)C)CC1F.O=C(Cl)NCc1ccc(F)cc1. The first-order valence-corrected chi connectivity index (χ1v) is 9.15. The van der Waals surface area contributed by atoms with Gasteiger partial charge in [0.2, 0.25) is 0 Å². The van der Waals surface area contributed by atoms with Gasteiger partial charge in [0.05, 0.1) is 6.54 Å². The van der Waals surface area contributed by atoms with Crippen LogP contribution < -0.4 is 5.32 Å². The average Bonchev–Trinajstić information content (AvgIpc) is 2.56. The smallest absolute Gasteiger partial charge is 0.410 e. The molecule has 1 N–H and O–H groups in total. The molecular weight excluding hydrogens is 378 g/mol. The van der Waals surface area contributed by atoms with Crippen LogP contribution in [0.5, 0.6) is 0 Å². The lowest BCUT2D eigenvalue weighted by molar-refractivity contribution is 0.00709. The zero-order valence-corrected chi connectivity index (χ0v) is 16.9. The molecule has 5 nitrogen and oxygen atoms in total. The lowest BCUT2D eigenvalue weighted by Gasteiger charge is -2.34. The minimum absolute atomic E-state index is 0.0451. The number of ether oxygens (including phenoxy) is 1. The molecule has 1 aromatic carbocycles. The van der Waals surface area contributed by atoms with Crippen LogP contribution in [0.3, 0.4) is 0 Å². The van der Waals surface area contributed by atoms with E-state index in [1.807, 2.05) is 27.7 Å². The number of amides is 2. The Kier molecular flexibility index (Phi) is 8.96. The quantitative estimate of drug-likeness (QED) is 0.564. The van der Waals surface area contributed by atoms with Crippen molar-refractivity contribution in [3.63, 3.8) is 0 Å². The predicted molar refractivity (Wildman–Crippen MR) is 101 cm³/mol. The van der Waals surface area contributed by atoms with Gasteiger partial charge in [0, 0.05) is 13.1 Å². The van der Waals surface area contributed by atoms with Gasteiger partial charge in [0.15, 0.2) is 0 Å². The number of alkyl halides is 1. The van der Waals surface area contributed by atoms with Gasteiger partial charge in [-0.05, 0) is 62.4 Å². The number of nitrogens with one attached hydrogen (secondary N) is 1. The summed E-state index contributed by atoms with van der Waals surface area (Å²) < 4.78 is 30.9. The van der Waals surface area contributed by atoms with Crippen molar-refractivity contribution < 1.29 is 23.1 Å². The van der Waals surface area contributed by atoms with E-state index in [-0.39, 0.29) is 18.3 Å². The summed E-state index contributed by atoms with van der Waals surface area (Å²) >= 11 is 5.03. The summed E-state index contributed by atoms with van der Waals surface area (Å²) in [5.41, 5.74) is 0.303. The zero-order valence-electron chi connectivity index (χ0n) is 16.1. The molecule has 1 aliphatic heterocycles. The maximum Gasteiger partial charge on any atom is 0.410 e. The molecule has 0 radical (unpaired) electrons. The molecule has 2 rings (SSSR count). The number of nitrogens with zero attached hydrogens (tertiary/aromatic N) is 1. The van der Waals surface area contributed by atoms with Crippen molar-refractivity contribution in [1.82, 2.24) is 10.2 Å². The van der Waals surface area contributed by atoms with E-state index in [4.69, 9.17) is 16.3 Å². The van der Waals surface area contributed by atoms with Gasteiger partial charge < -0.3 is 15.0 Å². The van der Waals surface area contributed by atoms with Gasteiger partial charge in [-0.2, -0.15) is 0 Å². The second kappa shape index (κ2) is 10.4. The number of halogens is 3. The number of piperidine rings is 1. The Labute approximate surface area is 164 Å². The van der Waals surface area contributed by atoms with Gasteiger partial charge in [0.25, 0.3) is 0 Å². The first kappa shape index (κ1) is 23.1. The summed E-state index contributed by atoms with van der Waals surface area (Å²) in [6.45, 7) is 8.38. The topological polar surface area (TPSA) is 58.6 Å². The molecule has 1 aliphatic rings. The molecule has 0 bridgehead atoms. The van der Waals surface area contributed by atoms with Crippen LogP contribution in [0.25, 0.3) is 0 Å². The molecule has 152 valence electrons. The van der Waals surface area contributed by atoms with Gasteiger partial charge in [-0.15, -0.1) is 0 Å². The largest absolute Gasteiger partial charge is 0.444 e. The lowest BCUT2D eigenvalue weighted by atomic mass is 9.98. The Hall–Kier alpha value is -1.89. The first-order chi connectivity index (χ1) is 12.5. The van der Waals surface area contributed by atoms with Crippen molar-refractivity contribution in [2.75, 3.05) is 13.1 Å². The van der Waals surface area contributed by atoms with Crippen molar-refractivity contribution in [3.8, 4) is 0 Å². The number of benzene rings is 1. The van der Waals surface area contributed by atoms with Gasteiger partial charge in [0.1, 0.15) is 17.6 Å². The molecular formula is C19H27ClF2N2O3. The van der Waals surface area contributed by atoms with Crippen LogP contribution in [0, 0.1) is 11.7 Å². The summed E-state index contributed by atoms with van der Waals surface area (Å²) in [6, 6.07) is 5.83. The van der Waals surface area contributed by atoms with Crippen LogP contribution in [0.4, 0.5) is 18.4 Å². The zero-order chi connectivity index (χ0) is 20.6. The van der Waals surface area contributed by atoms with Gasteiger partial charge in [-0.1, -0.05) is 19.1 Å². The Balaban J connectivity index is 0.000000277. The van der Waals surface area contributed by atoms with E-state index < -0.39 is 23.2 Å². The fourth-order valence-corrected chi connectivity index (χ4v) is 2.36. The van der Waals surface area contributed by atoms with Crippen LogP contribution >= 0.6 is 11.6 Å². The second-order valence-electron chi connectivity index (χ2n) is 7.46. The van der Waals surface area contributed by atoms with Gasteiger partial charge in [-0.3, -0.25) is 4.79 Å². The predicted octanol–water partition coefficient (Wildman–Crippen LogP) is 4.88. The highest BCUT2D eigenvalue weighted by Gasteiger charge is 2.31. The Morgan fingerprint density at radius 2 is 1.89 bits per heavy atom. The third-order valence-electron chi connectivity index (χ3n) is 3.86. The number of carbonyl (C=O) groups excluding carboxylic acids is 2. The Bertz CT molecular complexity index is 620. The molecule has 1 fully saturated rings. The van der Waals surface area contributed by atoms with Gasteiger partial charge in [-0.25, -0.2) is 13.6 Å². The Morgan fingerprint density at radius 1 is 1.30 bits per heavy atom. The van der Waals surface area contributed by atoms with E-state index in [0.717, 1.165) is 5.56 Å². The maximum atomic E-state index is 13.4. The minimum Gasteiger partial charge on any atom is -0.444 e. The fourth-order valence-electron chi connectivity index (χ4n) is 2.29. The van der Waals surface area contributed by atoms with Gasteiger partial charge >= 0.3 is 11.5 Å². The first-order valence-electron chi connectivity index (χ1n) is 8.77. The molecule has 2 unspecified atom stereocenters. The molecule has 27 heavy (non-hydrogen) atoms. The summed E-state index contributed by atoms with van der Waals surface area (Å²) in [7, 11) is 0. The molecule has 1 saturated heterocycles. The van der Waals surface area contributed by atoms with Crippen molar-refractivity contribution in [1.29, 1.82) is 0 Å². The molecule has 0 aromatic heterocycles. The molecule has 1 aromatic rings. The highest BCUT2D eigenvalue weighted by atomic mass is 35.5. The highest BCUT2D eigenvalue weighted by Crippen LogP contribution is 2.21. The van der Waals surface area contributed by atoms with E-state index in [2.05, 4.69) is 5.32 Å². The summed E-state index contributed by atoms with van der Waals surface area (Å²) in [5.74, 6) is -0.250. The molecule has 0 saturated carbocycles. The minimum atomic E-state index is -0.925. The Morgan fingerprint density at radius 3 is 2.37 bits per heavy atom. The summed E-state index contributed by atoms with van der Waals surface area (Å²) in [4.78, 5) is 23.3. The van der Waals surface area contributed by atoms with Crippen LogP contribution in [0.15, 0.2) is 24.3 Å². The molecule has 1 heterocycles. The van der Waals surface area contributed by atoms with Crippen molar-refractivity contribution in [2.24, 2.45) is 5.92 Å². The van der Waals surface area contributed by atoms with E-state index in [1.165, 1.54) is 17.0 Å². The third kappa shape index (κ3) is 9.56. The second-order valence-corrected chi connectivity index (χ2v) is 7.81. The molecule has 2 atom stereocenters. The normalized spacial score (nSPS) is 19.6. The number of likely N-dealkylation sites (tertiary alicyclic amines) is 1. The molecule has 0 aliphatic carbocycles. The summed E-state index contributed by atoms with van der Waals surface area (Å²) in [5, 5.41) is 1.77. The molecule has 2 amide bonds. The van der Waals surface area contributed by atoms with E-state index in [1.54, 1.807) is 12.1 Å². The van der Waals surface area contributed by atoms with E-state index in [9.17, 15) is 18.4 Å². The monoisotopic (exact) mass is 404 g/mol. The number of hydrogen-bond acceptors (Lipinski definition) is 3. The van der Waals surface area contributed by atoms with Crippen molar-refractivity contribution in [2.45, 2.75) is 52.4 Å². The average molecular weight is 405 g/mol. The highest BCUT2D eigenvalue weighted by molar-refractivity contribution is 6.62. The van der Waals surface area contributed by atoms with Crippen molar-refractivity contribution in [3.05, 3.63) is 35.6 Å².